The lowest BCUT2D eigenvalue weighted by Gasteiger charge is -2.24. The van der Waals surface area contributed by atoms with Crippen LogP contribution in [-0.2, 0) is 6.54 Å². The van der Waals surface area contributed by atoms with Gasteiger partial charge in [-0.1, -0.05) is 0 Å². The van der Waals surface area contributed by atoms with Crippen molar-refractivity contribution in [3.63, 3.8) is 0 Å². The van der Waals surface area contributed by atoms with Crippen molar-refractivity contribution in [1.29, 1.82) is 0 Å². The van der Waals surface area contributed by atoms with E-state index in [1.165, 1.54) is 0 Å². The van der Waals surface area contributed by atoms with Gasteiger partial charge in [-0.25, -0.2) is 19.9 Å². The molecule has 2 aromatic rings. The average Bonchev–Trinajstić information content (AvgIpc) is 3.10. The first-order chi connectivity index (χ1) is 12.5. The first-order valence-electron chi connectivity index (χ1n) is 8.72. The Labute approximate surface area is 153 Å². The minimum absolute atomic E-state index is 0.0700. The van der Waals surface area contributed by atoms with Gasteiger partial charge in [0.15, 0.2) is 5.82 Å². The van der Waals surface area contributed by atoms with Crippen LogP contribution in [0.25, 0.3) is 0 Å². The highest BCUT2D eigenvalue weighted by Gasteiger charge is 2.33. The molecule has 3 heterocycles. The molecule has 1 atom stereocenters. The van der Waals surface area contributed by atoms with Crippen LogP contribution in [0.1, 0.15) is 40.8 Å². The number of carbonyl (C=O) groups is 1. The van der Waals surface area contributed by atoms with Crippen molar-refractivity contribution in [3.8, 4) is 0 Å². The van der Waals surface area contributed by atoms with Gasteiger partial charge in [0.25, 0.3) is 5.91 Å². The van der Waals surface area contributed by atoms with Crippen LogP contribution >= 0.6 is 0 Å². The fraction of sp³-hybridized carbons (Fsp3) is 0.500. The van der Waals surface area contributed by atoms with Crippen molar-refractivity contribution in [1.82, 2.24) is 29.7 Å². The van der Waals surface area contributed by atoms with Gasteiger partial charge in [-0.15, -0.1) is 0 Å². The van der Waals surface area contributed by atoms with E-state index in [2.05, 4.69) is 24.8 Å². The lowest BCUT2D eigenvalue weighted by atomic mass is 10.2. The second kappa shape index (κ2) is 7.74. The molecule has 0 N–H and O–H groups in total. The van der Waals surface area contributed by atoms with E-state index in [0.29, 0.717) is 23.9 Å². The summed E-state index contributed by atoms with van der Waals surface area (Å²) < 4.78 is 0. The number of hydrogen-bond acceptors (Lipinski definition) is 7. The number of nitrogens with zero attached hydrogens (tertiary/aromatic N) is 7. The molecule has 26 heavy (non-hydrogen) atoms. The molecule has 1 fully saturated rings. The highest BCUT2D eigenvalue weighted by Crippen LogP contribution is 2.31. The lowest BCUT2D eigenvalue weighted by molar-refractivity contribution is 0.0728. The highest BCUT2D eigenvalue weighted by molar-refractivity contribution is 5.94. The Kier molecular flexibility index (Phi) is 5.41. The molecular weight excluding hydrogens is 330 g/mol. The Morgan fingerprint density at radius 1 is 1.19 bits per heavy atom. The predicted molar refractivity (Wildman–Crippen MR) is 98.8 cm³/mol. The summed E-state index contributed by atoms with van der Waals surface area (Å²) in [7, 11) is 7.74. The van der Waals surface area contributed by atoms with E-state index in [4.69, 9.17) is 0 Å². The zero-order valence-corrected chi connectivity index (χ0v) is 15.8. The van der Waals surface area contributed by atoms with Gasteiger partial charge >= 0.3 is 0 Å². The summed E-state index contributed by atoms with van der Waals surface area (Å²) in [5.74, 6) is 1.22. The third kappa shape index (κ3) is 3.96. The van der Waals surface area contributed by atoms with Gasteiger partial charge in [-0.2, -0.15) is 0 Å². The Balaban J connectivity index is 1.80. The van der Waals surface area contributed by atoms with Crippen LogP contribution in [0, 0.1) is 0 Å². The standard InChI is InChI=1S/C18H25N7O/c1-23(2)12-14-7-8-19-16(22-14)15-6-5-9-25(15)17(26)13-10-20-18(21-11-13)24(3)4/h7-8,10-11,15H,5-6,9,12H2,1-4H3. The summed E-state index contributed by atoms with van der Waals surface area (Å²) >= 11 is 0. The van der Waals surface area contributed by atoms with Crippen LogP contribution in [-0.4, -0.2) is 70.4 Å². The number of carbonyl (C=O) groups excluding carboxylic acids is 1. The Bertz CT molecular complexity index is 760. The number of anilines is 1. The zero-order chi connectivity index (χ0) is 18.7. The normalized spacial score (nSPS) is 17.0. The van der Waals surface area contributed by atoms with Gasteiger partial charge in [0.05, 0.1) is 17.3 Å². The molecule has 0 radical (unpaired) electrons. The second-order valence-corrected chi connectivity index (χ2v) is 6.97. The van der Waals surface area contributed by atoms with Crippen LogP contribution in [0.3, 0.4) is 0 Å². The molecular formula is C18H25N7O. The maximum atomic E-state index is 12.9. The summed E-state index contributed by atoms with van der Waals surface area (Å²) in [4.78, 5) is 36.2. The molecule has 1 amide bonds. The molecule has 2 aromatic heterocycles. The summed E-state index contributed by atoms with van der Waals surface area (Å²) in [6.45, 7) is 1.44. The largest absolute Gasteiger partial charge is 0.347 e. The smallest absolute Gasteiger partial charge is 0.257 e. The number of amides is 1. The first kappa shape index (κ1) is 18.2. The van der Waals surface area contributed by atoms with Crippen LogP contribution in [0.2, 0.25) is 0 Å². The molecule has 3 rings (SSSR count). The van der Waals surface area contributed by atoms with E-state index < -0.39 is 0 Å². The van der Waals surface area contributed by atoms with E-state index in [-0.39, 0.29) is 11.9 Å². The van der Waals surface area contributed by atoms with E-state index in [1.54, 1.807) is 23.5 Å². The molecule has 8 heteroatoms. The average molecular weight is 355 g/mol. The quantitative estimate of drug-likeness (QED) is 0.801. The number of likely N-dealkylation sites (tertiary alicyclic amines) is 1. The van der Waals surface area contributed by atoms with Crippen molar-refractivity contribution in [3.05, 3.63) is 41.7 Å². The molecule has 138 valence electrons. The fourth-order valence-corrected chi connectivity index (χ4v) is 3.09. The molecule has 0 saturated carbocycles. The molecule has 0 aliphatic carbocycles. The number of hydrogen-bond donors (Lipinski definition) is 0. The van der Waals surface area contributed by atoms with Crippen molar-refractivity contribution in [2.24, 2.45) is 0 Å². The molecule has 1 saturated heterocycles. The van der Waals surface area contributed by atoms with Gasteiger partial charge in [-0.05, 0) is 33.0 Å². The summed E-state index contributed by atoms with van der Waals surface area (Å²) in [6, 6.07) is 1.82. The summed E-state index contributed by atoms with van der Waals surface area (Å²) in [5, 5.41) is 0. The molecule has 0 bridgehead atoms. The Morgan fingerprint density at radius 2 is 1.92 bits per heavy atom. The third-order valence-corrected chi connectivity index (χ3v) is 4.31. The molecule has 1 aliphatic rings. The third-order valence-electron chi connectivity index (χ3n) is 4.31. The highest BCUT2D eigenvalue weighted by atomic mass is 16.2. The monoisotopic (exact) mass is 355 g/mol. The molecule has 8 nitrogen and oxygen atoms in total. The van der Waals surface area contributed by atoms with Crippen LogP contribution in [0.15, 0.2) is 24.7 Å². The van der Waals surface area contributed by atoms with Crippen molar-refractivity contribution in [2.75, 3.05) is 39.6 Å². The number of aromatic nitrogens is 4. The number of rotatable bonds is 5. The SMILES string of the molecule is CN(C)Cc1ccnc(C2CCCN2C(=O)c2cnc(N(C)C)nc2)n1. The molecule has 0 aromatic carbocycles. The molecule has 0 spiro atoms. The maximum Gasteiger partial charge on any atom is 0.257 e. The van der Waals surface area contributed by atoms with Crippen molar-refractivity contribution in [2.45, 2.75) is 25.4 Å². The van der Waals surface area contributed by atoms with Gasteiger partial charge < -0.3 is 14.7 Å². The maximum absolute atomic E-state index is 12.9. The Hall–Kier alpha value is -2.61. The van der Waals surface area contributed by atoms with Gasteiger partial charge in [0.2, 0.25) is 5.95 Å². The predicted octanol–water partition coefficient (Wildman–Crippen LogP) is 1.37. The second-order valence-electron chi connectivity index (χ2n) is 6.97. The molecule has 1 unspecified atom stereocenters. The topological polar surface area (TPSA) is 78.4 Å². The lowest BCUT2D eigenvalue weighted by Crippen LogP contribution is -2.32. The van der Waals surface area contributed by atoms with E-state index in [1.807, 2.05) is 39.2 Å². The van der Waals surface area contributed by atoms with E-state index in [0.717, 1.165) is 25.1 Å². The fourth-order valence-electron chi connectivity index (χ4n) is 3.09. The zero-order valence-electron chi connectivity index (χ0n) is 15.8. The van der Waals surface area contributed by atoms with Gasteiger partial charge in [0.1, 0.15) is 0 Å². The van der Waals surface area contributed by atoms with Crippen LogP contribution < -0.4 is 4.90 Å². The Morgan fingerprint density at radius 3 is 2.58 bits per heavy atom. The first-order valence-corrected chi connectivity index (χ1v) is 8.72. The minimum atomic E-state index is -0.0989. The summed E-state index contributed by atoms with van der Waals surface area (Å²) in [5.41, 5.74) is 1.45. The van der Waals surface area contributed by atoms with E-state index >= 15 is 0 Å². The molecule has 1 aliphatic heterocycles. The van der Waals surface area contributed by atoms with Crippen molar-refractivity contribution >= 4 is 11.9 Å². The summed E-state index contributed by atoms with van der Waals surface area (Å²) in [6.07, 6.45) is 6.76. The van der Waals surface area contributed by atoms with Gasteiger partial charge in [-0.3, -0.25) is 4.79 Å². The van der Waals surface area contributed by atoms with Crippen molar-refractivity contribution < 1.29 is 4.79 Å². The van der Waals surface area contributed by atoms with Gasteiger partial charge in [0, 0.05) is 45.8 Å². The van der Waals surface area contributed by atoms with Crippen LogP contribution in [0.5, 0.6) is 0 Å². The van der Waals surface area contributed by atoms with E-state index in [9.17, 15) is 4.79 Å². The van der Waals surface area contributed by atoms with Crippen LogP contribution in [0.4, 0.5) is 5.95 Å². The minimum Gasteiger partial charge on any atom is -0.347 e.